The molecule has 8 heteroatoms. The summed E-state index contributed by atoms with van der Waals surface area (Å²) in [5.74, 6) is 0.303. The lowest BCUT2D eigenvalue weighted by atomic mass is 9.94. The van der Waals surface area contributed by atoms with Crippen LogP contribution in [0, 0.1) is 5.41 Å². The summed E-state index contributed by atoms with van der Waals surface area (Å²) in [7, 11) is 0. The molecule has 5 rings (SSSR count). The molecule has 1 aliphatic carbocycles. The number of fused-ring (bicyclic) bond motifs is 1. The van der Waals surface area contributed by atoms with Gasteiger partial charge in [-0.05, 0) is 48.8 Å². The molecule has 3 aliphatic rings. The van der Waals surface area contributed by atoms with E-state index in [-0.39, 0.29) is 24.4 Å². The number of carbonyl (C=O) groups is 2. The maximum atomic E-state index is 12.4. The van der Waals surface area contributed by atoms with Gasteiger partial charge in [-0.2, -0.15) is 0 Å². The van der Waals surface area contributed by atoms with Crippen LogP contribution < -0.4 is 10.6 Å². The van der Waals surface area contributed by atoms with E-state index in [0.29, 0.717) is 23.4 Å². The predicted octanol–water partition coefficient (Wildman–Crippen LogP) is 1.79. The number of rotatable bonds is 4. The van der Waals surface area contributed by atoms with Crippen molar-refractivity contribution in [3.8, 4) is 11.5 Å². The number of aromatic nitrogens is 2. The SMILES string of the molecule is O=C1NCc2c1cccc2-c1nnc(NCC(=O)N2CCC3(CC2)CC3)o1. The lowest BCUT2D eigenvalue weighted by Gasteiger charge is -2.32. The summed E-state index contributed by atoms with van der Waals surface area (Å²) in [6.07, 6.45) is 4.88. The molecule has 1 aromatic heterocycles. The highest BCUT2D eigenvalue weighted by molar-refractivity contribution is 6.00. The van der Waals surface area contributed by atoms with Gasteiger partial charge in [0.2, 0.25) is 11.8 Å². The highest BCUT2D eigenvalue weighted by atomic mass is 16.4. The zero-order valence-corrected chi connectivity index (χ0v) is 15.0. The first kappa shape index (κ1) is 16.3. The van der Waals surface area contributed by atoms with Crippen molar-refractivity contribution in [2.24, 2.45) is 5.41 Å². The topological polar surface area (TPSA) is 100 Å². The number of likely N-dealkylation sites (tertiary alicyclic amines) is 1. The number of anilines is 1. The molecule has 0 radical (unpaired) electrons. The highest BCUT2D eigenvalue weighted by Crippen LogP contribution is 2.53. The van der Waals surface area contributed by atoms with Gasteiger partial charge in [-0.15, -0.1) is 5.10 Å². The van der Waals surface area contributed by atoms with Gasteiger partial charge < -0.3 is 20.0 Å². The van der Waals surface area contributed by atoms with Gasteiger partial charge in [-0.25, -0.2) is 0 Å². The van der Waals surface area contributed by atoms with Crippen LogP contribution in [0.3, 0.4) is 0 Å². The van der Waals surface area contributed by atoms with E-state index in [2.05, 4.69) is 20.8 Å². The Labute approximate surface area is 156 Å². The molecule has 2 amide bonds. The van der Waals surface area contributed by atoms with Crippen LogP contribution in [-0.2, 0) is 11.3 Å². The molecule has 3 heterocycles. The van der Waals surface area contributed by atoms with Crippen LogP contribution in [0.1, 0.15) is 41.6 Å². The Morgan fingerprint density at radius 3 is 2.74 bits per heavy atom. The van der Waals surface area contributed by atoms with Crippen molar-refractivity contribution < 1.29 is 14.0 Å². The van der Waals surface area contributed by atoms with Crippen LogP contribution in [0.25, 0.3) is 11.5 Å². The van der Waals surface area contributed by atoms with Crippen molar-refractivity contribution in [2.45, 2.75) is 32.2 Å². The summed E-state index contributed by atoms with van der Waals surface area (Å²) in [6.45, 7) is 2.27. The third-order valence-electron chi connectivity index (χ3n) is 6.03. The zero-order chi connectivity index (χ0) is 18.4. The fourth-order valence-corrected chi connectivity index (χ4v) is 4.03. The summed E-state index contributed by atoms with van der Waals surface area (Å²) in [6, 6.07) is 5.63. The van der Waals surface area contributed by atoms with Crippen molar-refractivity contribution in [3.05, 3.63) is 29.3 Å². The van der Waals surface area contributed by atoms with Crippen LogP contribution in [0.4, 0.5) is 6.01 Å². The molecular formula is C19H21N5O3. The van der Waals surface area contributed by atoms with Crippen LogP contribution in [0.5, 0.6) is 0 Å². The molecule has 0 bridgehead atoms. The van der Waals surface area contributed by atoms with E-state index in [9.17, 15) is 9.59 Å². The second-order valence-electron chi connectivity index (χ2n) is 7.66. The van der Waals surface area contributed by atoms with Crippen LogP contribution >= 0.6 is 0 Å². The number of carbonyl (C=O) groups excluding carboxylic acids is 2. The van der Waals surface area contributed by atoms with Gasteiger partial charge in [-0.1, -0.05) is 11.2 Å². The average Bonchev–Trinajstić information content (AvgIpc) is 3.11. The van der Waals surface area contributed by atoms with E-state index in [4.69, 9.17) is 4.42 Å². The normalized spacial score (nSPS) is 19.7. The van der Waals surface area contributed by atoms with Crippen molar-refractivity contribution in [1.29, 1.82) is 0 Å². The molecule has 140 valence electrons. The molecule has 2 fully saturated rings. The Balaban J connectivity index is 1.23. The van der Waals surface area contributed by atoms with Crippen molar-refractivity contribution in [2.75, 3.05) is 25.0 Å². The van der Waals surface area contributed by atoms with E-state index in [0.717, 1.165) is 37.1 Å². The molecule has 27 heavy (non-hydrogen) atoms. The summed E-state index contributed by atoms with van der Waals surface area (Å²) < 4.78 is 5.67. The number of nitrogens with zero attached hydrogens (tertiary/aromatic N) is 3. The van der Waals surface area contributed by atoms with E-state index in [1.165, 1.54) is 12.8 Å². The number of piperidine rings is 1. The molecule has 2 aliphatic heterocycles. The lowest BCUT2D eigenvalue weighted by molar-refractivity contribution is -0.130. The minimum Gasteiger partial charge on any atom is -0.403 e. The van der Waals surface area contributed by atoms with Crippen LogP contribution in [0.2, 0.25) is 0 Å². The smallest absolute Gasteiger partial charge is 0.316 e. The monoisotopic (exact) mass is 367 g/mol. The second-order valence-corrected chi connectivity index (χ2v) is 7.66. The Morgan fingerprint density at radius 1 is 1.19 bits per heavy atom. The number of hydrogen-bond donors (Lipinski definition) is 2. The molecule has 2 aromatic rings. The fourth-order valence-electron chi connectivity index (χ4n) is 4.03. The van der Waals surface area contributed by atoms with Gasteiger partial charge in [0.25, 0.3) is 5.91 Å². The summed E-state index contributed by atoms with van der Waals surface area (Å²) in [5.41, 5.74) is 2.78. The molecule has 1 saturated heterocycles. The maximum absolute atomic E-state index is 12.4. The molecule has 2 N–H and O–H groups in total. The van der Waals surface area contributed by atoms with Crippen molar-refractivity contribution in [3.63, 3.8) is 0 Å². The first-order valence-corrected chi connectivity index (χ1v) is 9.39. The molecular weight excluding hydrogens is 346 g/mol. The predicted molar refractivity (Wildman–Crippen MR) is 96.9 cm³/mol. The number of nitrogens with one attached hydrogen (secondary N) is 2. The maximum Gasteiger partial charge on any atom is 0.316 e. The third-order valence-corrected chi connectivity index (χ3v) is 6.03. The van der Waals surface area contributed by atoms with Gasteiger partial charge in [0.05, 0.1) is 6.54 Å². The second kappa shape index (κ2) is 6.07. The van der Waals surface area contributed by atoms with E-state index in [1.807, 2.05) is 11.0 Å². The van der Waals surface area contributed by atoms with Gasteiger partial charge in [0.15, 0.2) is 0 Å². The molecule has 1 spiro atoms. The van der Waals surface area contributed by atoms with Crippen LogP contribution in [0.15, 0.2) is 22.6 Å². The summed E-state index contributed by atoms with van der Waals surface area (Å²) >= 11 is 0. The summed E-state index contributed by atoms with van der Waals surface area (Å²) in [5, 5.41) is 13.8. The third kappa shape index (κ3) is 2.94. The zero-order valence-electron chi connectivity index (χ0n) is 15.0. The largest absolute Gasteiger partial charge is 0.403 e. The molecule has 0 atom stereocenters. The molecule has 0 unspecified atom stereocenters. The van der Waals surface area contributed by atoms with Gasteiger partial charge in [0.1, 0.15) is 0 Å². The van der Waals surface area contributed by atoms with Gasteiger partial charge >= 0.3 is 6.01 Å². The first-order chi connectivity index (χ1) is 13.1. The Morgan fingerprint density at radius 2 is 1.96 bits per heavy atom. The lowest BCUT2D eigenvalue weighted by Crippen LogP contribution is -2.41. The van der Waals surface area contributed by atoms with Gasteiger partial charge in [0, 0.05) is 30.8 Å². The van der Waals surface area contributed by atoms with E-state index >= 15 is 0 Å². The minimum atomic E-state index is -0.0928. The van der Waals surface area contributed by atoms with E-state index < -0.39 is 0 Å². The van der Waals surface area contributed by atoms with Gasteiger partial charge in [-0.3, -0.25) is 9.59 Å². The van der Waals surface area contributed by atoms with Crippen LogP contribution in [-0.4, -0.2) is 46.5 Å². The minimum absolute atomic E-state index is 0.0562. The van der Waals surface area contributed by atoms with Crippen molar-refractivity contribution in [1.82, 2.24) is 20.4 Å². The quantitative estimate of drug-likeness (QED) is 0.855. The fraction of sp³-hybridized carbons (Fsp3) is 0.474. The molecule has 1 saturated carbocycles. The summed E-state index contributed by atoms with van der Waals surface area (Å²) in [4.78, 5) is 26.1. The number of hydrogen-bond acceptors (Lipinski definition) is 6. The standard InChI is InChI=1S/C19H21N5O3/c25-15(24-8-6-19(4-5-19)7-9-24)11-21-18-23-22-17(27-18)13-3-1-2-12-14(13)10-20-16(12)26/h1-3H,4-11H2,(H,20,26)(H,21,23). The first-order valence-electron chi connectivity index (χ1n) is 9.39. The average molecular weight is 367 g/mol. The Kier molecular flexibility index (Phi) is 3.66. The Bertz CT molecular complexity index is 908. The molecule has 8 nitrogen and oxygen atoms in total. The molecule has 1 aromatic carbocycles. The van der Waals surface area contributed by atoms with Crippen molar-refractivity contribution >= 4 is 17.8 Å². The number of benzene rings is 1. The Hall–Kier alpha value is -2.90. The highest BCUT2D eigenvalue weighted by Gasteiger charge is 2.45. The number of amides is 2. The van der Waals surface area contributed by atoms with E-state index in [1.54, 1.807) is 12.1 Å².